The summed E-state index contributed by atoms with van der Waals surface area (Å²) in [5.41, 5.74) is -0.134. The Bertz CT molecular complexity index is 314. The second-order valence-electron chi connectivity index (χ2n) is 6.93. The Kier molecular flexibility index (Phi) is 4.12. The number of carbonyl (C=O) groups excluding carboxylic acids is 1. The van der Waals surface area contributed by atoms with Crippen molar-refractivity contribution < 1.29 is 9.90 Å². The van der Waals surface area contributed by atoms with Crippen LogP contribution in [0, 0.1) is 17.3 Å². The molecule has 1 saturated carbocycles. The van der Waals surface area contributed by atoms with Crippen LogP contribution in [0.1, 0.15) is 46.5 Å². The van der Waals surface area contributed by atoms with Gasteiger partial charge in [0.15, 0.2) is 0 Å². The van der Waals surface area contributed by atoms with Crippen LogP contribution in [0.5, 0.6) is 0 Å². The van der Waals surface area contributed by atoms with Gasteiger partial charge < -0.3 is 10.0 Å². The summed E-state index contributed by atoms with van der Waals surface area (Å²) in [4.78, 5) is 14.7. The fourth-order valence-corrected chi connectivity index (χ4v) is 3.36. The normalized spacial score (nSPS) is 37.8. The third kappa shape index (κ3) is 2.94. The Balaban J connectivity index is 1.91. The van der Waals surface area contributed by atoms with Gasteiger partial charge in [-0.25, -0.2) is 0 Å². The molecule has 3 nitrogen and oxygen atoms in total. The highest BCUT2D eigenvalue weighted by atomic mass is 16.3. The highest BCUT2D eigenvalue weighted by Crippen LogP contribution is 2.36. The quantitative estimate of drug-likeness (QED) is 0.819. The maximum absolute atomic E-state index is 12.4. The minimum Gasteiger partial charge on any atom is -0.392 e. The highest BCUT2D eigenvalue weighted by Gasteiger charge is 2.38. The van der Waals surface area contributed by atoms with Crippen LogP contribution in [-0.4, -0.2) is 41.5 Å². The van der Waals surface area contributed by atoms with Gasteiger partial charge in [0, 0.05) is 24.4 Å². The molecule has 3 unspecified atom stereocenters. The van der Waals surface area contributed by atoms with Gasteiger partial charge in [-0.05, 0) is 31.7 Å². The molecule has 0 amide bonds. The molecule has 1 aliphatic heterocycles. The molecular weight excluding hydrogens is 226 g/mol. The molecule has 1 aliphatic carbocycles. The average molecular weight is 253 g/mol. The zero-order chi connectivity index (χ0) is 13.3. The molecule has 1 N–H and O–H groups in total. The van der Waals surface area contributed by atoms with Crippen molar-refractivity contribution in [3.05, 3.63) is 0 Å². The molecule has 2 aliphatic rings. The third-order valence-electron chi connectivity index (χ3n) is 4.87. The highest BCUT2D eigenvalue weighted by molar-refractivity contribution is 5.87. The second-order valence-corrected chi connectivity index (χ2v) is 6.93. The second kappa shape index (κ2) is 5.30. The molecule has 1 saturated heterocycles. The van der Waals surface area contributed by atoms with Gasteiger partial charge >= 0.3 is 0 Å². The fraction of sp³-hybridized carbons (Fsp3) is 0.933. The molecule has 0 radical (unpaired) electrons. The first-order chi connectivity index (χ1) is 8.40. The lowest BCUT2D eigenvalue weighted by molar-refractivity contribution is -0.135. The van der Waals surface area contributed by atoms with Crippen molar-refractivity contribution in [1.82, 2.24) is 4.90 Å². The number of aliphatic hydroxyl groups is 1. The van der Waals surface area contributed by atoms with Gasteiger partial charge in [0.2, 0.25) is 0 Å². The van der Waals surface area contributed by atoms with E-state index < -0.39 is 0 Å². The van der Waals surface area contributed by atoms with Crippen molar-refractivity contribution in [2.24, 2.45) is 17.3 Å². The van der Waals surface area contributed by atoms with Crippen molar-refractivity contribution in [1.29, 1.82) is 0 Å². The number of aliphatic hydroxyl groups excluding tert-OH is 1. The van der Waals surface area contributed by atoms with E-state index in [0.717, 1.165) is 45.3 Å². The lowest BCUT2D eigenvalue weighted by Crippen LogP contribution is -2.48. The molecule has 0 aromatic heterocycles. The molecule has 104 valence electrons. The molecule has 3 heteroatoms. The van der Waals surface area contributed by atoms with E-state index in [1.807, 2.05) is 0 Å². The van der Waals surface area contributed by atoms with Crippen molar-refractivity contribution >= 4 is 5.78 Å². The molecular formula is C15H27NO2. The summed E-state index contributed by atoms with van der Waals surface area (Å²) in [5.74, 6) is 1.02. The van der Waals surface area contributed by atoms with Crippen LogP contribution < -0.4 is 0 Å². The molecule has 2 rings (SSSR count). The third-order valence-corrected chi connectivity index (χ3v) is 4.87. The first kappa shape index (κ1) is 14.0. The Morgan fingerprint density at radius 3 is 2.78 bits per heavy atom. The molecule has 0 bridgehead atoms. The Hall–Kier alpha value is -0.410. The summed E-state index contributed by atoms with van der Waals surface area (Å²) in [6, 6.07) is 0. The van der Waals surface area contributed by atoms with E-state index in [2.05, 4.69) is 25.7 Å². The lowest BCUT2D eigenvalue weighted by Gasteiger charge is -2.39. The Labute approximate surface area is 111 Å². The van der Waals surface area contributed by atoms with Gasteiger partial charge in [-0.15, -0.1) is 0 Å². The number of piperidine rings is 1. The number of rotatable bonds is 2. The summed E-state index contributed by atoms with van der Waals surface area (Å²) in [6.45, 7) is 8.89. The number of β-amino-alcohol motifs (C(OH)–C–C–N with tert-alkyl or cyclic N) is 1. The van der Waals surface area contributed by atoms with E-state index in [1.165, 1.54) is 0 Å². The van der Waals surface area contributed by atoms with Gasteiger partial charge in [-0.3, -0.25) is 4.79 Å². The molecule has 3 atom stereocenters. The lowest BCUT2D eigenvalue weighted by atomic mass is 9.71. The first-order valence-electron chi connectivity index (χ1n) is 7.35. The van der Waals surface area contributed by atoms with E-state index in [-0.39, 0.29) is 17.4 Å². The predicted molar refractivity (Wildman–Crippen MR) is 72.4 cm³/mol. The van der Waals surface area contributed by atoms with Crippen LogP contribution in [0.3, 0.4) is 0 Å². The van der Waals surface area contributed by atoms with Gasteiger partial charge in [0.1, 0.15) is 5.78 Å². The van der Waals surface area contributed by atoms with Gasteiger partial charge in [-0.1, -0.05) is 27.2 Å². The van der Waals surface area contributed by atoms with E-state index in [4.69, 9.17) is 0 Å². The first-order valence-corrected chi connectivity index (χ1v) is 7.35. The van der Waals surface area contributed by atoms with Gasteiger partial charge in [0.05, 0.1) is 6.10 Å². The standard InChI is InChI=1S/C15H27NO2/c1-11-6-8-16(10-13(11)17)9-12-5-4-7-15(2,3)14(12)18/h11-13,17H,4-10H2,1-3H3. The number of ketones is 1. The molecule has 0 aromatic rings. The van der Waals surface area contributed by atoms with Crippen molar-refractivity contribution in [2.45, 2.75) is 52.6 Å². The van der Waals surface area contributed by atoms with Crippen LogP contribution in [0.15, 0.2) is 0 Å². The van der Waals surface area contributed by atoms with Crippen LogP contribution in [0.25, 0.3) is 0 Å². The number of hydrogen-bond acceptors (Lipinski definition) is 3. The van der Waals surface area contributed by atoms with Gasteiger partial charge in [-0.2, -0.15) is 0 Å². The topological polar surface area (TPSA) is 40.5 Å². The van der Waals surface area contributed by atoms with Gasteiger partial charge in [0.25, 0.3) is 0 Å². The maximum Gasteiger partial charge on any atom is 0.142 e. The van der Waals surface area contributed by atoms with E-state index in [1.54, 1.807) is 0 Å². The SMILES string of the molecule is CC1CCN(CC2CCCC(C)(C)C2=O)CC1O. The average Bonchev–Trinajstić information content (AvgIpc) is 2.30. The van der Waals surface area contributed by atoms with Crippen molar-refractivity contribution in [3.8, 4) is 0 Å². The molecule has 1 heterocycles. The Morgan fingerprint density at radius 2 is 2.11 bits per heavy atom. The summed E-state index contributed by atoms with van der Waals surface area (Å²) in [6.07, 6.45) is 4.05. The number of carbonyl (C=O) groups is 1. The summed E-state index contributed by atoms with van der Waals surface area (Å²) >= 11 is 0. The summed E-state index contributed by atoms with van der Waals surface area (Å²) in [7, 11) is 0. The monoisotopic (exact) mass is 253 g/mol. The molecule has 2 fully saturated rings. The number of nitrogens with zero attached hydrogens (tertiary/aromatic N) is 1. The fourth-order valence-electron chi connectivity index (χ4n) is 3.36. The van der Waals surface area contributed by atoms with Crippen LogP contribution in [-0.2, 0) is 4.79 Å². The molecule has 0 aromatic carbocycles. The largest absolute Gasteiger partial charge is 0.392 e. The maximum atomic E-state index is 12.4. The summed E-state index contributed by atoms with van der Waals surface area (Å²) < 4.78 is 0. The molecule has 0 spiro atoms. The van der Waals surface area contributed by atoms with Crippen LogP contribution >= 0.6 is 0 Å². The minimum atomic E-state index is -0.217. The molecule has 18 heavy (non-hydrogen) atoms. The predicted octanol–water partition coefficient (Wildman–Crippen LogP) is 2.08. The Morgan fingerprint density at radius 1 is 1.39 bits per heavy atom. The number of likely N-dealkylation sites (tertiary alicyclic amines) is 1. The van der Waals surface area contributed by atoms with E-state index in [9.17, 15) is 9.90 Å². The summed E-state index contributed by atoms with van der Waals surface area (Å²) in [5, 5.41) is 9.92. The van der Waals surface area contributed by atoms with Crippen molar-refractivity contribution in [3.63, 3.8) is 0 Å². The van der Waals surface area contributed by atoms with Crippen LogP contribution in [0.2, 0.25) is 0 Å². The van der Waals surface area contributed by atoms with E-state index >= 15 is 0 Å². The number of hydrogen-bond donors (Lipinski definition) is 1. The zero-order valence-corrected chi connectivity index (χ0v) is 12.0. The van der Waals surface area contributed by atoms with E-state index in [0.29, 0.717) is 11.7 Å². The number of Topliss-reactive ketones (excluding diaryl/α,β-unsaturated/α-hetero) is 1. The minimum absolute atomic E-state index is 0.134. The zero-order valence-electron chi connectivity index (χ0n) is 12.0. The van der Waals surface area contributed by atoms with Crippen molar-refractivity contribution in [2.75, 3.05) is 19.6 Å². The van der Waals surface area contributed by atoms with Crippen LogP contribution in [0.4, 0.5) is 0 Å². The smallest absolute Gasteiger partial charge is 0.142 e.